The Morgan fingerprint density at radius 1 is 1.13 bits per heavy atom. The molecular formula is C23H24N4O4. The maximum absolute atomic E-state index is 13.5. The quantitative estimate of drug-likeness (QED) is 0.479. The molecule has 8 heteroatoms. The largest absolute Gasteiger partial charge is 0.345 e. The number of pyridine rings is 1. The number of benzene rings is 1. The van der Waals surface area contributed by atoms with E-state index in [1.54, 1.807) is 10.6 Å². The molecule has 0 aliphatic carbocycles. The van der Waals surface area contributed by atoms with Crippen LogP contribution in [0.25, 0.3) is 10.9 Å². The highest BCUT2D eigenvalue weighted by atomic mass is 16.6. The number of carbonyl (C=O) groups is 1. The summed E-state index contributed by atoms with van der Waals surface area (Å²) < 4.78 is 3.70. The Morgan fingerprint density at radius 2 is 1.94 bits per heavy atom. The Kier molecular flexibility index (Phi) is 4.46. The number of hydrogen-bond acceptors (Lipinski definition) is 4. The number of rotatable bonds is 3. The van der Waals surface area contributed by atoms with E-state index in [2.05, 4.69) is 18.4 Å². The van der Waals surface area contributed by atoms with Crippen LogP contribution in [0.3, 0.4) is 0 Å². The van der Waals surface area contributed by atoms with Crippen molar-refractivity contribution in [3.63, 3.8) is 0 Å². The van der Waals surface area contributed by atoms with Gasteiger partial charge in [0.15, 0.2) is 0 Å². The molecule has 31 heavy (non-hydrogen) atoms. The van der Waals surface area contributed by atoms with Gasteiger partial charge in [-0.2, -0.15) is 0 Å². The first-order valence-corrected chi connectivity index (χ1v) is 10.6. The molecule has 160 valence electrons. The molecular weight excluding hydrogens is 396 g/mol. The first-order valence-electron chi connectivity index (χ1n) is 10.6. The molecule has 1 saturated heterocycles. The Labute approximate surface area is 178 Å². The van der Waals surface area contributed by atoms with Crippen LogP contribution in [0.5, 0.6) is 0 Å². The molecule has 0 radical (unpaired) electrons. The summed E-state index contributed by atoms with van der Waals surface area (Å²) >= 11 is 0. The number of carbonyl (C=O) groups excluding carboxylic acids is 1. The average Bonchev–Trinajstić information content (AvgIpc) is 3.18. The molecule has 1 aromatic carbocycles. The second-order valence-corrected chi connectivity index (χ2v) is 8.88. The summed E-state index contributed by atoms with van der Waals surface area (Å²) in [7, 11) is 0. The van der Waals surface area contributed by atoms with Crippen molar-refractivity contribution >= 4 is 22.5 Å². The summed E-state index contributed by atoms with van der Waals surface area (Å²) in [5.41, 5.74) is 1.59. The molecule has 0 saturated carbocycles. The minimum Gasteiger partial charge on any atom is -0.345 e. The van der Waals surface area contributed by atoms with Crippen LogP contribution in [0.2, 0.25) is 0 Å². The van der Waals surface area contributed by atoms with Crippen molar-refractivity contribution in [2.24, 2.45) is 5.92 Å². The number of likely N-dealkylation sites (tertiary alicyclic amines) is 1. The fraction of sp³-hybridized carbons (Fsp3) is 0.391. The first-order chi connectivity index (χ1) is 14.8. The van der Waals surface area contributed by atoms with Gasteiger partial charge in [-0.15, -0.1) is 0 Å². The fourth-order valence-corrected chi connectivity index (χ4v) is 5.23. The van der Waals surface area contributed by atoms with Crippen LogP contribution >= 0.6 is 0 Å². The Morgan fingerprint density at radius 3 is 2.68 bits per heavy atom. The minimum absolute atomic E-state index is 0.000449. The number of piperidine rings is 1. The molecule has 2 aromatic heterocycles. The van der Waals surface area contributed by atoms with Gasteiger partial charge < -0.3 is 14.0 Å². The standard InChI is InChI=1S/C23H24N4O4/c1-14(2)25-9-8-17-18(4-3-5-20(17)25)22(28)24-11-15-10-16(13-24)19-6-7-21(27(30)31)23(29)26(19)12-15/h3-9,14-16H,10-13H2,1-2H3/t15-,16?/m0/s1. The fourth-order valence-electron chi connectivity index (χ4n) is 5.23. The molecule has 1 amide bonds. The van der Waals surface area contributed by atoms with E-state index in [4.69, 9.17) is 0 Å². The first kappa shape index (κ1) is 19.5. The van der Waals surface area contributed by atoms with Gasteiger partial charge in [-0.05, 0) is 50.5 Å². The summed E-state index contributed by atoms with van der Waals surface area (Å²) in [5.74, 6) is 0.110. The lowest BCUT2D eigenvalue weighted by Gasteiger charge is -2.42. The van der Waals surface area contributed by atoms with E-state index in [0.29, 0.717) is 31.2 Å². The van der Waals surface area contributed by atoms with E-state index < -0.39 is 16.2 Å². The van der Waals surface area contributed by atoms with Gasteiger partial charge in [0, 0.05) is 66.0 Å². The van der Waals surface area contributed by atoms with Gasteiger partial charge in [0.1, 0.15) is 0 Å². The number of nitro groups is 1. The zero-order valence-electron chi connectivity index (χ0n) is 17.5. The van der Waals surface area contributed by atoms with E-state index in [1.807, 2.05) is 35.4 Å². The van der Waals surface area contributed by atoms with Crippen molar-refractivity contribution in [1.29, 1.82) is 0 Å². The third kappa shape index (κ3) is 3.05. The molecule has 2 bridgehead atoms. The van der Waals surface area contributed by atoms with Crippen LogP contribution in [-0.2, 0) is 6.54 Å². The number of aromatic nitrogens is 2. The summed E-state index contributed by atoms with van der Waals surface area (Å²) in [6, 6.07) is 11.1. The van der Waals surface area contributed by atoms with Gasteiger partial charge in [0.2, 0.25) is 0 Å². The maximum Gasteiger partial charge on any atom is 0.334 e. The highest BCUT2D eigenvalue weighted by molar-refractivity contribution is 6.06. The van der Waals surface area contributed by atoms with E-state index in [1.165, 1.54) is 6.07 Å². The van der Waals surface area contributed by atoms with Crippen molar-refractivity contribution in [2.75, 3.05) is 13.1 Å². The van der Waals surface area contributed by atoms with E-state index in [-0.39, 0.29) is 17.7 Å². The zero-order valence-corrected chi connectivity index (χ0v) is 17.5. The van der Waals surface area contributed by atoms with Crippen LogP contribution in [0.1, 0.15) is 48.3 Å². The maximum atomic E-state index is 13.5. The Hall–Kier alpha value is -3.42. The monoisotopic (exact) mass is 420 g/mol. The predicted molar refractivity (Wildman–Crippen MR) is 116 cm³/mol. The third-order valence-electron chi connectivity index (χ3n) is 6.62. The molecule has 4 heterocycles. The molecule has 5 rings (SSSR count). The second kappa shape index (κ2) is 7.08. The third-order valence-corrected chi connectivity index (χ3v) is 6.62. The molecule has 0 N–H and O–H groups in total. The van der Waals surface area contributed by atoms with Crippen molar-refractivity contribution in [3.05, 3.63) is 74.3 Å². The number of hydrogen-bond donors (Lipinski definition) is 0. The normalized spacial score (nSPS) is 20.2. The molecule has 2 atom stereocenters. The van der Waals surface area contributed by atoms with Crippen LogP contribution in [0.4, 0.5) is 5.69 Å². The molecule has 1 fully saturated rings. The van der Waals surface area contributed by atoms with Crippen molar-refractivity contribution < 1.29 is 9.72 Å². The molecule has 3 aromatic rings. The summed E-state index contributed by atoms with van der Waals surface area (Å²) in [6.45, 7) is 5.69. The van der Waals surface area contributed by atoms with Crippen LogP contribution in [0, 0.1) is 16.0 Å². The Bertz CT molecular complexity index is 1270. The van der Waals surface area contributed by atoms with E-state index in [0.717, 1.165) is 23.0 Å². The van der Waals surface area contributed by atoms with Crippen LogP contribution in [0.15, 0.2) is 47.4 Å². The summed E-state index contributed by atoms with van der Waals surface area (Å²) in [5, 5.41) is 12.1. The van der Waals surface area contributed by atoms with Gasteiger partial charge >= 0.3 is 11.2 Å². The van der Waals surface area contributed by atoms with Crippen LogP contribution < -0.4 is 5.56 Å². The molecule has 2 aliphatic heterocycles. The van der Waals surface area contributed by atoms with Gasteiger partial charge in [-0.3, -0.25) is 19.7 Å². The number of amides is 1. The van der Waals surface area contributed by atoms with Crippen molar-refractivity contribution in [3.8, 4) is 0 Å². The van der Waals surface area contributed by atoms with Crippen molar-refractivity contribution in [2.45, 2.75) is 38.8 Å². The number of nitrogens with zero attached hydrogens (tertiary/aromatic N) is 4. The lowest BCUT2D eigenvalue weighted by atomic mass is 9.83. The second-order valence-electron chi connectivity index (χ2n) is 8.88. The zero-order chi connectivity index (χ0) is 21.9. The molecule has 2 aliphatic rings. The molecule has 0 spiro atoms. The predicted octanol–water partition coefficient (Wildman–Crippen LogP) is 3.55. The topological polar surface area (TPSA) is 90.4 Å². The van der Waals surface area contributed by atoms with Crippen molar-refractivity contribution in [1.82, 2.24) is 14.0 Å². The average molecular weight is 420 g/mol. The van der Waals surface area contributed by atoms with E-state index in [9.17, 15) is 19.7 Å². The number of fused-ring (bicyclic) bond motifs is 5. The minimum atomic E-state index is -0.625. The highest BCUT2D eigenvalue weighted by Gasteiger charge is 2.38. The van der Waals surface area contributed by atoms with E-state index >= 15 is 0 Å². The van der Waals surface area contributed by atoms with Gasteiger partial charge in [-0.1, -0.05) is 6.07 Å². The lowest BCUT2D eigenvalue weighted by molar-refractivity contribution is -0.386. The molecule has 8 nitrogen and oxygen atoms in total. The Balaban J connectivity index is 1.48. The highest BCUT2D eigenvalue weighted by Crippen LogP contribution is 2.36. The summed E-state index contributed by atoms with van der Waals surface area (Å²) in [6.07, 6.45) is 2.90. The lowest BCUT2D eigenvalue weighted by Crippen LogP contribution is -2.49. The smallest absolute Gasteiger partial charge is 0.334 e. The van der Waals surface area contributed by atoms with Crippen LogP contribution in [-0.4, -0.2) is 38.0 Å². The van der Waals surface area contributed by atoms with Gasteiger partial charge in [0.05, 0.1) is 4.92 Å². The van der Waals surface area contributed by atoms with Gasteiger partial charge in [-0.25, -0.2) is 0 Å². The summed E-state index contributed by atoms with van der Waals surface area (Å²) in [4.78, 5) is 38.5. The molecule has 1 unspecified atom stereocenters. The van der Waals surface area contributed by atoms with Gasteiger partial charge in [0.25, 0.3) is 5.91 Å². The SMILES string of the molecule is CC(C)n1ccc2c(C(=O)N3CC4C[C@@H](C3)Cn3c4ccc([N+](=O)[O-])c3=O)cccc21.